The summed E-state index contributed by atoms with van der Waals surface area (Å²) in [6.45, 7) is 5.36. The van der Waals surface area contributed by atoms with Crippen LogP contribution in [-0.4, -0.2) is 18.5 Å². The standard InChI is InChI=1S/C11H17NO4.Na/c1-4-16-11(15)9(10(13)14)8(6-12)5-7(2)3;/h7-9H,4-5H2,1-3H3,(H,13,14);/q;+1/p-1/t8?,9-;/m0./s1. The summed E-state index contributed by atoms with van der Waals surface area (Å²) in [4.78, 5) is 22.2. The summed E-state index contributed by atoms with van der Waals surface area (Å²) in [5.41, 5.74) is 0. The van der Waals surface area contributed by atoms with Gasteiger partial charge in [-0.3, -0.25) is 4.79 Å². The molecule has 5 nitrogen and oxygen atoms in total. The van der Waals surface area contributed by atoms with Gasteiger partial charge in [0, 0.05) is 0 Å². The number of carbonyl (C=O) groups is 2. The zero-order valence-electron chi connectivity index (χ0n) is 10.7. The average Bonchev–Trinajstić information content (AvgIpc) is 2.15. The summed E-state index contributed by atoms with van der Waals surface area (Å²) in [5.74, 6) is -4.71. The molecular weight excluding hydrogens is 233 g/mol. The van der Waals surface area contributed by atoms with Gasteiger partial charge < -0.3 is 14.6 Å². The first kappa shape index (κ1) is 18.8. The molecule has 6 heteroatoms. The van der Waals surface area contributed by atoms with Crippen molar-refractivity contribution in [2.45, 2.75) is 27.2 Å². The molecule has 0 saturated heterocycles. The van der Waals surface area contributed by atoms with Crippen LogP contribution in [0.3, 0.4) is 0 Å². The van der Waals surface area contributed by atoms with Crippen LogP contribution in [0.15, 0.2) is 0 Å². The van der Waals surface area contributed by atoms with E-state index in [1.165, 1.54) is 0 Å². The van der Waals surface area contributed by atoms with E-state index in [9.17, 15) is 14.7 Å². The van der Waals surface area contributed by atoms with Crippen LogP contribution in [0.5, 0.6) is 0 Å². The first-order valence-corrected chi connectivity index (χ1v) is 5.21. The number of nitriles is 1. The van der Waals surface area contributed by atoms with Crippen LogP contribution in [0, 0.1) is 29.1 Å². The Hall–Kier alpha value is -0.570. The summed E-state index contributed by atoms with van der Waals surface area (Å²) in [6, 6.07) is 1.83. The third-order valence-electron chi connectivity index (χ3n) is 2.09. The largest absolute Gasteiger partial charge is 1.00 e. The molecule has 0 amide bonds. The van der Waals surface area contributed by atoms with Gasteiger partial charge in [-0.2, -0.15) is 5.26 Å². The predicted molar refractivity (Wildman–Crippen MR) is 53.7 cm³/mol. The topological polar surface area (TPSA) is 90.2 Å². The molecule has 0 spiro atoms. The fourth-order valence-electron chi connectivity index (χ4n) is 1.43. The Balaban J connectivity index is 0. The number of nitrogens with zero attached hydrogens (tertiary/aromatic N) is 1. The van der Waals surface area contributed by atoms with Gasteiger partial charge in [0.2, 0.25) is 0 Å². The van der Waals surface area contributed by atoms with Crippen LogP contribution in [-0.2, 0) is 14.3 Å². The van der Waals surface area contributed by atoms with Crippen LogP contribution >= 0.6 is 0 Å². The van der Waals surface area contributed by atoms with Gasteiger partial charge in [0.1, 0.15) is 5.92 Å². The Morgan fingerprint density at radius 3 is 2.24 bits per heavy atom. The average molecular weight is 249 g/mol. The Bertz CT molecular complexity index is 298. The summed E-state index contributed by atoms with van der Waals surface area (Å²) in [5, 5.41) is 19.7. The zero-order chi connectivity index (χ0) is 12.7. The number of hydrogen-bond acceptors (Lipinski definition) is 5. The molecule has 0 aliphatic heterocycles. The molecule has 1 unspecified atom stereocenters. The molecule has 90 valence electrons. The van der Waals surface area contributed by atoms with Crippen molar-refractivity contribution in [1.82, 2.24) is 0 Å². The van der Waals surface area contributed by atoms with Crippen molar-refractivity contribution in [2.75, 3.05) is 6.61 Å². The Kier molecular flexibility index (Phi) is 10.5. The molecule has 0 aliphatic carbocycles. The SMILES string of the molecule is CCOC(=O)[C@H](C(=O)[O-])C(C#N)CC(C)C.[Na+]. The molecule has 0 aromatic carbocycles. The van der Waals surface area contributed by atoms with Gasteiger partial charge in [0.25, 0.3) is 0 Å². The van der Waals surface area contributed by atoms with Gasteiger partial charge in [-0.1, -0.05) is 13.8 Å². The van der Waals surface area contributed by atoms with E-state index in [-0.39, 0.29) is 42.1 Å². The van der Waals surface area contributed by atoms with E-state index >= 15 is 0 Å². The summed E-state index contributed by atoms with van der Waals surface area (Å²) >= 11 is 0. The quantitative estimate of drug-likeness (QED) is 0.286. The minimum absolute atomic E-state index is 0. The number of carbonyl (C=O) groups excluding carboxylic acids is 2. The second-order valence-electron chi connectivity index (χ2n) is 3.91. The number of esters is 1. The van der Waals surface area contributed by atoms with Gasteiger partial charge in [-0.15, -0.1) is 0 Å². The fraction of sp³-hybridized carbons (Fsp3) is 0.727. The van der Waals surface area contributed by atoms with E-state index in [0.717, 1.165) is 0 Å². The van der Waals surface area contributed by atoms with Crippen LogP contribution < -0.4 is 34.7 Å². The van der Waals surface area contributed by atoms with Crippen LogP contribution in [0.2, 0.25) is 0 Å². The fourth-order valence-corrected chi connectivity index (χ4v) is 1.43. The summed E-state index contributed by atoms with van der Waals surface area (Å²) < 4.78 is 4.62. The van der Waals surface area contributed by atoms with Crippen molar-refractivity contribution in [2.24, 2.45) is 17.8 Å². The summed E-state index contributed by atoms with van der Waals surface area (Å²) in [7, 11) is 0. The molecule has 0 aromatic rings. The van der Waals surface area contributed by atoms with Crippen LogP contribution in [0.4, 0.5) is 0 Å². The molecule has 0 radical (unpaired) electrons. The predicted octanol–water partition coefficient (Wildman–Crippen LogP) is -2.89. The Morgan fingerprint density at radius 2 is 1.94 bits per heavy atom. The monoisotopic (exact) mass is 249 g/mol. The maximum absolute atomic E-state index is 11.4. The van der Waals surface area contributed by atoms with Crippen molar-refractivity contribution in [3.05, 3.63) is 0 Å². The number of hydrogen-bond donors (Lipinski definition) is 0. The maximum atomic E-state index is 11.4. The molecule has 0 N–H and O–H groups in total. The number of rotatable bonds is 6. The smallest absolute Gasteiger partial charge is 0.549 e. The van der Waals surface area contributed by atoms with Crippen LogP contribution in [0.25, 0.3) is 0 Å². The molecule has 0 rings (SSSR count). The minimum atomic E-state index is -1.55. The van der Waals surface area contributed by atoms with Gasteiger partial charge in [0.15, 0.2) is 0 Å². The van der Waals surface area contributed by atoms with Crippen molar-refractivity contribution >= 4 is 11.9 Å². The van der Waals surface area contributed by atoms with E-state index in [2.05, 4.69) is 4.74 Å². The molecule has 0 heterocycles. The molecule has 0 aromatic heterocycles. The summed E-state index contributed by atoms with van der Waals surface area (Å²) in [6.07, 6.45) is 0.327. The number of ether oxygens (including phenoxy) is 1. The van der Waals surface area contributed by atoms with E-state index < -0.39 is 23.8 Å². The number of carboxylic acids is 1. The zero-order valence-corrected chi connectivity index (χ0v) is 12.7. The molecule has 0 aliphatic rings. The first-order valence-electron chi connectivity index (χ1n) is 5.21. The van der Waals surface area contributed by atoms with Gasteiger partial charge >= 0.3 is 35.5 Å². The molecule has 0 fully saturated rings. The van der Waals surface area contributed by atoms with E-state index in [1.807, 2.05) is 19.9 Å². The number of aliphatic carboxylic acids is 1. The first-order chi connectivity index (χ1) is 7.43. The van der Waals surface area contributed by atoms with E-state index in [0.29, 0.717) is 6.42 Å². The molecular formula is C11H16NNaO4. The van der Waals surface area contributed by atoms with Gasteiger partial charge in [-0.05, 0) is 19.3 Å². The number of carboxylic acid groups (broad SMARTS) is 1. The molecule has 17 heavy (non-hydrogen) atoms. The van der Waals surface area contributed by atoms with Crippen molar-refractivity contribution in [3.8, 4) is 6.07 Å². The van der Waals surface area contributed by atoms with Crippen molar-refractivity contribution in [1.29, 1.82) is 5.26 Å². The third kappa shape index (κ3) is 6.67. The van der Waals surface area contributed by atoms with E-state index in [1.54, 1.807) is 6.92 Å². The second-order valence-corrected chi connectivity index (χ2v) is 3.91. The van der Waals surface area contributed by atoms with E-state index in [4.69, 9.17) is 5.26 Å². The second kappa shape index (κ2) is 9.46. The van der Waals surface area contributed by atoms with Crippen LogP contribution in [0.1, 0.15) is 27.2 Å². The van der Waals surface area contributed by atoms with Crippen molar-refractivity contribution < 1.29 is 49.0 Å². The Labute approximate surface area is 123 Å². The van der Waals surface area contributed by atoms with Gasteiger partial charge in [-0.25, -0.2) is 0 Å². The molecule has 0 bridgehead atoms. The molecule has 0 saturated carbocycles. The minimum Gasteiger partial charge on any atom is -0.549 e. The maximum Gasteiger partial charge on any atom is 1.00 e. The third-order valence-corrected chi connectivity index (χ3v) is 2.09. The van der Waals surface area contributed by atoms with Gasteiger partial charge in [0.05, 0.1) is 24.6 Å². The normalized spacial score (nSPS) is 13.1. The van der Waals surface area contributed by atoms with Crippen molar-refractivity contribution in [3.63, 3.8) is 0 Å². The molecule has 2 atom stereocenters. The Morgan fingerprint density at radius 1 is 1.41 bits per heavy atom.